The van der Waals surface area contributed by atoms with Crippen LogP contribution in [0.3, 0.4) is 0 Å². The van der Waals surface area contributed by atoms with Crippen molar-refractivity contribution in [3.05, 3.63) is 0 Å². The van der Waals surface area contributed by atoms with Gasteiger partial charge in [0.15, 0.2) is 6.10 Å². The van der Waals surface area contributed by atoms with E-state index in [9.17, 15) is 24.0 Å². The standard InChI is InChI=1S/C16H23NO10/c1-8(18)17-6-14(22)27-15-5-12(24-10(3)20)16(25-11(4)21)13(26-15)7-23-9(2)19/h12-13,15-16H,5-7H2,1-4H3,(H,17,18)/t12-,13-,15+,16+/m1/s1. The predicted octanol–water partition coefficient (Wildman–Crippen LogP) is -0.793. The van der Waals surface area contributed by atoms with E-state index in [0.29, 0.717) is 0 Å². The molecule has 1 saturated heterocycles. The zero-order valence-electron chi connectivity index (χ0n) is 15.5. The molecule has 0 bridgehead atoms. The summed E-state index contributed by atoms with van der Waals surface area (Å²) in [6.07, 6.45) is -4.35. The first-order chi connectivity index (χ1) is 12.6. The predicted molar refractivity (Wildman–Crippen MR) is 85.8 cm³/mol. The molecular weight excluding hydrogens is 366 g/mol. The molecule has 11 nitrogen and oxygen atoms in total. The molecule has 4 atom stereocenters. The third-order valence-corrected chi connectivity index (χ3v) is 3.30. The van der Waals surface area contributed by atoms with Crippen LogP contribution in [0.5, 0.6) is 0 Å². The Balaban J connectivity index is 2.90. The number of amides is 1. The average Bonchev–Trinajstić information content (AvgIpc) is 2.52. The summed E-state index contributed by atoms with van der Waals surface area (Å²) in [7, 11) is 0. The summed E-state index contributed by atoms with van der Waals surface area (Å²) in [5.41, 5.74) is 0. The first kappa shape index (κ1) is 22.4. The molecule has 0 unspecified atom stereocenters. The zero-order chi connectivity index (χ0) is 20.6. The van der Waals surface area contributed by atoms with E-state index < -0.39 is 54.4 Å². The number of esters is 4. The number of rotatable bonds is 7. The van der Waals surface area contributed by atoms with Gasteiger partial charge in [0.25, 0.3) is 0 Å². The summed E-state index contributed by atoms with van der Waals surface area (Å²) in [5.74, 6) is -3.11. The van der Waals surface area contributed by atoms with Crippen molar-refractivity contribution in [1.82, 2.24) is 5.32 Å². The highest BCUT2D eigenvalue weighted by atomic mass is 16.7. The van der Waals surface area contributed by atoms with Gasteiger partial charge in [-0.15, -0.1) is 0 Å². The molecule has 11 heteroatoms. The quantitative estimate of drug-likeness (QED) is 0.434. The molecule has 152 valence electrons. The summed E-state index contributed by atoms with van der Waals surface area (Å²) in [4.78, 5) is 56.5. The van der Waals surface area contributed by atoms with Crippen molar-refractivity contribution in [3.63, 3.8) is 0 Å². The molecule has 1 aliphatic heterocycles. The largest absolute Gasteiger partial charge is 0.463 e. The van der Waals surface area contributed by atoms with Crippen molar-refractivity contribution < 1.29 is 47.7 Å². The summed E-state index contributed by atoms with van der Waals surface area (Å²) in [5, 5.41) is 2.27. The lowest BCUT2D eigenvalue weighted by Gasteiger charge is -2.39. The van der Waals surface area contributed by atoms with Gasteiger partial charge in [-0.2, -0.15) is 0 Å². The van der Waals surface area contributed by atoms with Crippen molar-refractivity contribution in [2.24, 2.45) is 0 Å². The summed E-state index contributed by atoms with van der Waals surface area (Å²) in [6, 6.07) is 0. The van der Waals surface area contributed by atoms with Crippen LogP contribution in [0.1, 0.15) is 34.1 Å². The highest BCUT2D eigenvalue weighted by molar-refractivity contribution is 5.80. The highest BCUT2D eigenvalue weighted by Gasteiger charge is 2.45. The smallest absolute Gasteiger partial charge is 0.327 e. The lowest BCUT2D eigenvalue weighted by Crippen LogP contribution is -2.54. The maximum absolute atomic E-state index is 11.8. The number of carbonyl (C=O) groups excluding carboxylic acids is 5. The summed E-state index contributed by atoms with van der Waals surface area (Å²) >= 11 is 0. The Hall–Kier alpha value is -2.69. The fourth-order valence-corrected chi connectivity index (χ4v) is 2.36. The number of hydrogen-bond acceptors (Lipinski definition) is 10. The molecule has 0 spiro atoms. The fraction of sp³-hybridized carbons (Fsp3) is 0.688. The van der Waals surface area contributed by atoms with Gasteiger partial charge in [-0.05, 0) is 0 Å². The Morgan fingerprint density at radius 3 is 2.07 bits per heavy atom. The lowest BCUT2D eigenvalue weighted by atomic mass is 10.0. The molecule has 0 aromatic carbocycles. The molecule has 1 rings (SSSR count). The van der Waals surface area contributed by atoms with Crippen LogP contribution in [-0.2, 0) is 47.7 Å². The maximum atomic E-state index is 11.8. The SMILES string of the molecule is CC(=O)NCC(=O)O[C@H]1C[C@@H](OC(C)=O)[C@H](OC(C)=O)[C@@H](COC(C)=O)O1. The molecule has 1 amide bonds. The van der Waals surface area contributed by atoms with E-state index in [2.05, 4.69) is 5.32 Å². The first-order valence-corrected chi connectivity index (χ1v) is 8.15. The minimum atomic E-state index is -1.16. The molecule has 0 saturated carbocycles. The van der Waals surface area contributed by atoms with Crippen LogP contribution in [-0.4, -0.2) is 67.5 Å². The zero-order valence-corrected chi connectivity index (χ0v) is 15.5. The fourth-order valence-electron chi connectivity index (χ4n) is 2.36. The molecule has 0 aromatic heterocycles. The topological polar surface area (TPSA) is 144 Å². The van der Waals surface area contributed by atoms with Gasteiger partial charge in [0, 0.05) is 27.7 Å². The van der Waals surface area contributed by atoms with Gasteiger partial charge in [-0.3, -0.25) is 24.0 Å². The molecule has 1 aliphatic rings. The van der Waals surface area contributed by atoms with Gasteiger partial charge >= 0.3 is 23.9 Å². The normalized spacial score (nSPS) is 24.3. The molecule has 0 aromatic rings. The number of nitrogens with one attached hydrogen (secondary N) is 1. The number of hydrogen-bond donors (Lipinski definition) is 1. The van der Waals surface area contributed by atoms with Gasteiger partial charge in [0.05, 0.1) is 6.42 Å². The van der Waals surface area contributed by atoms with Crippen LogP contribution in [0.4, 0.5) is 0 Å². The molecule has 0 radical (unpaired) electrons. The minimum Gasteiger partial charge on any atom is -0.463 e. The second-order valence-corrected chi connectivity index (χ2v) is 5.76. The monoisotopic (exact) mass is 389 g/mol. The van der Waals surface area contributed by atoms with E-state index in [-0.39, 0.29) is 19.6 Å². The Morgan fingerprint density at radius 2 is 1.56 bits per heavy atom. The van der Waals surface area contributed by atoms with E-state index in [1.807, 2.05) is 0 Å². The summed E-state index contributed by atoms with van der Waals surface area (Å²) < 4.78 is 25.8. The van der Waals surface area contributed by atoms with Crippen LogP contribution < -0.4 is 5.32 Å². The van der Waals surface area contributed by atoms with E-state index in [1.165, 1.54) is 20.8 Å². The van der Waals surface area contributed by atoms with Gasteiger partial charge in [-0.1, -0.05) is 0 Å². The van der Waals surface area contributed by atoms with Gasteiger partial charge in [0.2, 0.25) is 12.2 Å². The van der Waals surface area contributed by atoms with Crippen LogP contribution in [0.15, 0.2) is 0 Å². The van der Waals surface area contributed by atoms with E-state index in [0.717, 1.165) is 6.92 Å². The van der Waals surface area contributed by atoms with Gasteiger partial charge in [0.1, 0.15) is 25.4 Å². The van der Waals surface area contributed by atoms with Crippen molar-refractivity contribution in [2.45, 2.75) is 58.7 Å². The third kappa shape index (κ3) is 8.49. The van der Waals surface area contributed by atoms with Crippen molar-refractivity contribution >= 4 is 29.8 Å². The van der Waals surface area contributed by atoms with Crippen molar-refractivity contribution in [2.75, 3.05) is 13.2 Å². The lowest BCUT2D eigenvalue weighted by molar-refractivity contribution is -0.260. The van der Waals surface area contributed by atoms with Crippen LogP contribution >= 0.6 is 0 Å². The molecular formula is C16H23NO10. The van der Waals surface area contributed by atoms with E-state index in [1.54, 1.807) is 0 Å². The summed E-state index contributed by atoms with van der Waals surface area (Å²) in [6.45, 7) is 4.05. The second kappa shape index (κ2) is 10.5. The van der Waals surface area contributed by atoms with Gasteiger partial charge < -0.3 is 29.0 Å². The Bertz CT molecular complexity index is 590. The van der Waals surface area contributed by atoms with Gasteiger partial charge in [-0.25, -0.2) is 0 Å². The van der Waals surface area contributed by atoms with Crippen molar-refractivity contribution in [3.8, 4) is 0 Å². The molecule has 1 heterocycles. The molecule has 0 aliphatic carbocycles. The first-order valence-electron chi connectivity index (χ1n) is 8.15. The maximum Gasteiger partial charge on any atom is 0.327 e. The number of carbonyl (C=O) groups is 5. The second-order valence-electron chi connectivity index (χ2n) is 5.76. The molecule has 27 heavy (non-hydrogen) atoms. The Labute approximate surface area is 155 Å². The molecule has 1 fully saturated rings. The average molecular weight is 389 g/mol. The van der Waals surface area contributed by atoms with Crippen LogP contribution in [0, 0.1) is 0 Å². The van der Waals surface area contributed by atoms with Crippen LogP contribution in [0.25, 0.3) is 0 Å². The van der Waals surface area contributed by atoms with E-state index >= 15 is 0 Å². The van der Waals surface area contributed by atoms with E-state index in [4.69, 9.17) is 23.7 Å². The van der Waals surface area contributed by atoms with Crippen LogP contribution in [0.2, 0.25) is 0 Å². The highest BCUT2D eigenvalue weighted by Crippen LogP contribution is 2.27. The Kier molecular flexibility index (Phi) is 8.66. The number of ether oxygens (including phenoxy) is 5. The Morgan fingerprint density at radius 1 is 0.926 bits per heavy atom. The van der Waals surface area contributed by atoms with Crippen molar-refractivity contribution in [1.29, 1.82) is 0 Å². The minimum absolute atomic E-state index is 0.111. The third-order valence-electron chi connectivity index (χ3n) is 3.30. The molecule has 1 N–H and O–H groups in total.